The molecule has 1 aliphatic rings. The van der Waals surface area contributed by atoms with Crippen LogP contribution in [0.15, 0.2) is 480 Å². The van der Waals surface area contributed by atoms with E-state index >= 15 is 0 Å². The van der Waals surface area contributed by atoms with Crippen LogP contribution in [0.2, 0.25) is 0 Å². The first-order valence-electron chi connectivity index (χ1n) is 47.6. The molecule has 0 radical (unpaired) electrons. The molecule has 140 heavy (non-hydrogen) atoms. The predicted molar refractivity (Wildman–Crippen MR) is 575 cm³/mol. The van der Waals surface area contributed by atoms with Crippen molar-refractivity contribution in [1.29, 1.82) is 0 Å². The maximum atomic E-state index is 6.61. The molecule has 0 fully saturated rings. The second kappa shape index (κ2) is 34.8. The third-order valence-corrected chi connectivity index (χ3v) is 27.7. The zero-order valence-corrected chi connectivity index (χ0v) is 76.2. The van der Waals surface area contributed by atoms with E-state index in [1.807, 2.05) is 42.5 Å². The highest BCUT2D eigenvalue weighted by molar-refractivity contribution is 6.11. The van der Waals surface area contributed by atoms with Gasteiger partial charge in [-0.1, -0.05) is 438 Å². The fourth-order valence-electron chi connectivity index (χ4n) is 20.1. The Morgan fingerprint density at radius 1 is 0.193 bits per heavy atom. The number of para-hydroxylation sites is 5. The summed E-state index contributed by atoms with van der Waals surface area (Å²) < 4.78 is 19.5. The molecule has 0 aliphatic heterocycles. The van der Waals surface area contributed by atoms with E-state index in [9.17, 15) is 0 Å². The number of nitrogens with zero attached hydrogens (tertiary/aromatic N) is 6. The summed E-state index contributed by atoms with van der Waals surface area (Å²) >= 11 is 0. The van der Waals surface area contributed by atoms with E-state index in [-0.39, 0.29) is 0 Å². The van der Waals surface area contributed by atoms with Crippen molar-refractivity contribution in [3.8, 4) is 202 Å². The van der Waals surface area contributed by atoms with Gasteiger partial charge in [-0.05, 0) is 143 Å². The molecule has 0 saturated heterocycles. The lowest BCUT2D eigenvalue weighted by molar-refractivity contribution is 0.504. The van der Waals surface area contributed by atoms with Crippen molar-refractivity contribution in [2.45, 2.75) is 19.3 Å². The van der Waals surface area contributed by atoms with E-state index < -0.39 is 0 Å². The minimum Gasteiger partial charge on any atom is -0.459 e. The molecule has 6 aromatic heterocycles. The lowest BCUT2D eigenvalue weighted by Gasteiger charge is -2.12. The van der Waals surface area contributed by atoms with Gasteiger partial charge in [-0.25, -0.2) is 29.9 Å². The van der Waals surface area contributed by atoms with E-state index in [4.69, 9.17) is 43.2 Å². The van der Waals surface area contributed by atoms with Crippen molar-refractivity contribution < 1.29 is 13.3 Å². The van der Waals surface area contributed by atoms with Gasteiger partial charge in [-0.15, -0.1) is 0 Å². The topological polar surface area (TPSA) is 117 Å². The molecular formula is C131H84N6O3. The standard InChI is InChI=1S/C131H84N6O3/c1-81-16-11-28-115-116-31-15-27-110(128(116)140-125(81)115)95-59-38-85(39-60-95)87-40-61-96(62-41-87)117-78-118(133-129(132-117)101-18-3-2-4-19-101)97-65-46-89(47-66-97)90-50-71-102(72-51-90)130-134-119(98-63-42-86(43-64-98)83-34-55-93(56-35-83)108-25-13-29-113-111-23-7-9-32-123(111)138-126(108)113)79-120(135-130)100-69-48-91(49-70-100)105-21-12-22-106(76-105)92-52-73-103(74-53-92)131-136-121(80-122(137-131)107-75-54-82-17-5-6-20-104(82)77-107)99-67-44-88(45-68-99)84-36-57-94(58-37-84)109-26-14-30-114-112-24-8-10-33-124(112)139-127(109)114/h2-15,17-81H,16H2,1H3. The summed E-state index contributed by atoms with van der Waals surface area (Å²) in [5, 5.41) is 7.96. The van der Waals surface area contributed by atoms with Crippen molar-refractivity contribution in [2.24, 2.45) is 0 Å². The van der Waals surface area contributed by atoms with E-state index in [2.05, 4.69) is 438 Å². The van der Waals surface area contributed by atoms with E-state index in [1.54, 1.807) is 0 Å². The fourth-order valence-corrected chi connectivity index (χ4v) is 20.1. The molecule has 19 aromatic carbocycles. The summed E-state index contributed by atoms with van der Waals surface area (Å²) in [6.45, 7) is 2.24. The summed E-state index contributed by atoms with van der Waals surface area (Å²) in [4.78, 5) is 31.9. The highest BCUT2D eigenvalue weighted by Gasteiger charge is 2.25. The first kappa shape index (κ1) is 82.3. The lowest BCUT2D eigenvalue weighted by Crippen LogP contribution is -1.96. The SMILES string of the molecule is CC1CC=Cc2c1oc1c(-c3ccc(-c4ccc(-c5cc(-c6ccc(-c7ccc(-c8nc(-c9ccc(-c%10ccc(-c%11cccc%12c%11oc%11ccccc%11%12)cc%10)cc9)cc(-c9ccc(-c%10cccc(-c%11ccc(-c%12nc(-c%13ccc(-c%14ccc(-c%15cccc%16c%15oc%15ccccc%15%16)cc%14)cc%13)cc(-c%13ccc%14ccccc%14c%13)n%12)cc%11)c%10)cc9)n8)cc7)cc6)nc(-c6ccccc6)n5)cc4)cc3)cccc21. The van der Waals surface area contributed by atoms with Crippen LogP contribution in [0.25, 0.3) is 274 Å². The zero-order valence-electron chi connectivity index (χ0n) is 76.2. The third-order valence-electron chi connectivity index (χ3n) is 27.7. The van der Waals surface area contributed by atoms with Gasteiger partial charge in [0, 0.05) is 105 Å². The van der Waals surface area contributed by atoms with Crippen LogP contribution in [0.5, 0.6) is 0 Å². The van der Waals surface area contributed by atoms with Gasteiger partial charge in [0.1, 0.15) is 33.7 Å². The van der Waals surface area contributed by atoms with Gasteiger partial charge in [0.2, 0.25) is 0 Å². The Kier molecular flexibility index (Phi) is 20.4. The largest absolute Gasteiger partial charge is 0.459 e. The summed E-state index contributed by atoms with van der Waals surface area (Å²) in [6.07, 6.45) is 5.47. The van der Waals surface area contributed by atoms with Crippen LogP contribution in [0.4, 0.5) is 0 Å². The molecule has 0 saturated carbocycles. The van der Waals surface area contributed by atoms with Crippen molar-refractivity contribution in [1.82, 2.24) is 29.9 Å². The van der Waals surface area contributed by atoms with Crippen LogP contribution in [-0.2, 0) is 0 Å². The Hall–Kier alpha value is -18.4. The van der Waals surface area contributed by atoms with E-state index in [0.717, 1.165) is 251 Å². The predicted octanol–water partition coefficient (Wildman–Crippen LogP) is 35.3. The number of aromatic nitrogens is 6. The molecule has 1 atom stereocenters. The lowest BCUT2D eigenvalue weighted by atomic mass is 9.93. The molecule has 0 amide bonds. The number of allylic oxidation sites excluding steroid dienone is 1. The first-order valence-corrected chi connectivity index (χ1v) is 47.6. The second-order valence-corrected chi connectivity index (χ2v) is 36.3. The molecule has 0 spiro atoms. The summed E-state index contributed by atoms with van der Waals surface area (Å²) in [7, 11) is 0. The molecule has 26 rings (SSSR count). The maximum absolute atomic E-state index is 6.61. The van der Waals surface area contributed by atoms with Gasteiger partial charge >= 0.3 is 0 Å². The van der Waals surface area contributed by atoms with Crippen LogP contribution in [0, 0.1) is 0 Å². The summed E-state index contributed by atoms with van der Waals surface area (Å²) in [5.41, 5.74) is 39.1. The Balaban J connectivity index is 0.478. The van der Waals surface area contributed by atoms with Crippen molar-refractivity contribution in [3.63, 3.8) is 0 Å². The number of hydrogen-bond acceptors (Lipinski definition) is 9. The van der Waals surface area contributed by atoms with Gasteiger partial charge in [-0.2, -0.15) is 0 Å². The van der Waals surface area contributed by atoms with Gasteiger partial charge in [-0.3, -0.25) is 0 Å². The van der Waals surface area contributed by atoms with Crippen molar-refractivity contribution in [2.75, 3.05) is 0 Å². The van der Waals surface area contributed by atoms with E-state index in [1.165, 1.54) is 16.3 Å². The quantitative estimate of drug-likeness (QED) is 0.0828. The second-order valence-electron chi connectivity index (χ2n) is 36.3. The number of fused-ring (bicyclic) bond motifs is 10. The molecule has 1 aliphatic carbocycles. The molecule has 25 aromatic rings. The smallest absolute Gasteiger partial charge is 0.160 e. The van der Waals surface area contributed by atoms with Gasteiger partial charge in [0.05, 0.1) is 34.2 Å². The highest BCUT2D eigenvalue weighted by Crippen LogP contribution is 2.46. The molecule has 0 N–H and O–H groups in total. The summed E-state index contributed by atoms with van der Waals surface area (Å²) in [5.74, 6) is 3.35. The minimum absolute atomic E-state index is 0.354. The van der Waals surface area contributed by atoms with Crippen LogP contribution < -0.4 is 0 Å². The average molecular weight is 1790 g/mol. The van der Waals surface area contributed by atoms with Gasteiger partial charge in [0.15, 0.2) is 17.5 Å². The number of rotatable bonds is 18. The average Bonchev–Trinajstić information content (AvgIpc) is 1.62. The van der Waals surface area contributed by atoms with Crippen molar-refractivity contribution in [3.05, 3.63) is 478 Å². The van der Waals surface area contributed by atoms with Crippen LogP contribution in [0.1, 0.15) is 30.6 Å². The molecule has 6 heterocycles. The molecule has 9 nitrogen and oxygen atoms in total. The summed E-state index contributed by atoms with van der Waals surface area (Å²) in [6, 6.07) is 163. The fraction of sp³-hybridized carbons (Fsp3) is 0.0229. The van der Waals surface area contributed by atoms with Crippen LogP contribution in [0.3, 0.4) is 0 Å². The maximum Gasteiger partial charge on any atom is 0.160 e. The number of benzene rings is 19. The Morgan fingerprint density at radius 3 is 0.850 bits per heavy atom. The van der Waals surface area contributed by atoms with Gasteiger partial charge in [0.25, 0.3) is 0 Å². The Morgan fingerprint density at radius 2 is 0.464 bits per heavy atom. The zero-order chi connectivity index (χ0) is 92.7. The molecular weight excluding hydrogens is 1710 g/mol. The molecule has 9 heteroatoms. The van der Waals surface area contributed by atoms with Crippen LogP contribution in [-0.4, -0.2) is 29.9 Å². The van der Waals surface area contributed by atoms with Crippen molar-refractivity contribution >= 4 is 71.7 Å². The highest BCUT2D eigenvalue weighted by atomic mass is 16.3. The third kappa shape index (κ3) is 15.5. The molecule has 1 unspecified atom stereocenters. The molecule has 0 bridgehead atoms. The van der Waals surface area contributed by atoms with Gasteiger partial charge < -0.3 is 13.3 Å². The number of hydrogen-bond donors (Lipinski definition) is 0. The number of furan rings is 3. The Labute approximate surface area is 808 Å². The normalized spacial score (nSPS) is 12.5. The van der Waals surface area contributed by atoms with Crippen LogP contribution >= 0.6 is 0 Å². The van der Waals surface area contributed by atoms with E-state index in [0.29, 0.717) is 23.4 Å². The first-order chi connectivity index (χ1) is 69.2. The Bertz CT molecular complexity index is 9120. The molecule has 656 valence electrons. The minimum atomic E-state index is 0.354. The monoisotopic (exact) mass is 1790 g/mol.